The van der Waals surface area contributed by atoms with Crippen LogP contribution in [-0.4, -0.2) is 16.9 Å². The van der Waals surface area contributed by atoms with E-state index in [1.807, 2.05) is 5.38 Å². The SMILES string of the molecule is Cc1ccc(-c2nc(CC(=O)NC(C3CC3)C3CC3)cs2)cc1. The minimum absolute atomic E-state index is 0.134. The lowest BCUT2D eigenvalue weighted by Crippen LogP contribution is -2.39. The van der Waals surface area contributed by atoms with Crippen molar-refractivity contribution in [1.29, 1.82) is 0 Å². The van der Waals surface area contributed by atoms with Crippen LogP contribution in [-0.2, 0) is 11.2 Å². The molecule has 0 bridgehead atoms. The van der Waals surface area contributed by atoms with Crippen LogP contribution in [0.25, 0.3) is 10.6 Å². The van der Waals surface area contributed by atoms with E-state index in [2.05, 4.69) is 41.5 Å². The van der Waals surface area contributed by atoms with Crippen molar-refractivity contribution in [1.82, 2.24) is 10.3 Å². The van der Waals surface area contributed by atoms with Crippen LogP contribution in [0.4, 0.5) is 0 Å². The van der Waals surface area contributed by atoms with Gasteiger partial charge in [0.1, 0.15) is 5.01 Å². The molecule has 2 saturated carbocycles. The second-order valence-electron chi connectivity index (χ2n) is 6.95. The predicted octanol–water partition coefficient (Wildman–Crippen LogP) is 3.97. The Balaban J connectivity index is 1.38. The molecule has 0 aliphatic heterocycles. The summed E-state index contributed by atoms with van der Waals surface area (Å²) in [6.45, 7) is 2.08. The van der Waals surface area contributed by atoms with E-state index in [1.165, 1.54) is 31.2 Å². The summed E-state index contributed by atoms with van der Waals surface area (Å²) >= 11 is 1.62. The number of hydrogen-bond donors (Lipinski definition) is 1. The minimum atomic E-state index is 0.134. The van der Waals surface area contributed by atoms with Gasteiger partial charge in [-0.15, -0.1) is 11.3 Å². The zero-order valence-corrected chi connectivity index (χ0v) is 14.2. The lowest BCUT2D eigenvalue weighted by atomic mass is 10.1. The molecule has 2 aliphatic rings. The van der Waals surface area contributed by atoms with Crippen LogP contribution in [0.5, 0.6) is 0 Å². The summed E-state index contributed by atoms with van der Waals surface area (Å²) in [5.41, 5.74) is 3.26. The van der Waals surface area contributed by atoms with Crippen molar-refractivity contribution < 1.29 is 4.79 Å². The fraction of sp³-hybridized carbons (Fsp3) is 0.474. The Bertz CT molecular complexity index is 686. The van der Waals surface area contributed by atoms with Crippen molar-refractivity contribution in [2.75, 3.05) is 0 Å². The summed E-state index contributed by atoms with van der Waals surface area (Å²) in [6, 6.07) is 8.80. The Morgan fingerprint density at radius 1 is 1.22 bits per heavy atom. The lowest BCUT2D eigenvalue weighted by molar-refractivity contribution is -0.121. The number of nitrogens with zero attached hydrogens (tertiary/aromatic N) is 1. The molecule has 0 atom stereocenters. The van der Waals surface area contributed by atoms with Crippen LogP contribution in [0.1, 0.15) is 36.9 Å². The number of benzene rings is 1. The molecule has 2 aliphatic carbocycles. The molecule has 1 heterocycles. The molecule has 2 fully saturated rings. The number of thiazole rings is 1. The summed E-state index contributed by atoms with van der Waals surface area (Å²) in [5.74, 6) is 1.62. The third kappa shape index (κ3) is 3.63. The highest BCUT2D eigenvalue weighted by Gasteiger charge is 2.42. The van der Waals surface area contributed by atoms with Gasteiger partial charge in [-0.3, -0.25) is 4.79 Å². The van der Waals surface area contributed by atoms with E-state index >= 15 is 0 Å². The number of hydrogen-bond acceptors (Lipinski definition) is 3. The van der Waals surface area contributed by atoms with E-state index < -0.39 is 0 Å². The number of rotatable bonds is 6. The average Bonchev–Trinajstić information content (AvgIpc) is 3.45. The van der Waals surface area contributed by atoms with Crippen LogP contribution >= 0.6 is 11.3 Å². The highest BCUT2D eigenvalue weighted by atomic mass is 32.1. The zero-order valence-electron chi connectivity index (χ0n) is 13.4. The quantitative estimate of drug-likeness (QED) is 0.873. The average molecular weight is 326 g/mol. The fourth-order valence-electron chi connectivity index (χ4n) is 3.15. The van der Waals surface area contributed by atoms with Crippen LogP contribution in [0.3, 0.4) is 0 Å². The number of carbonyl (C=O) groups is 1. The van der Waals surface area contributed by atoms with Crippen LogP contribution < -0.4 is 5.32 Å². The number of carbonyl (C=O) groups excluding carboxylic acids is 1. The number of aromatic nitrogens is 1. The van der Waals surface area contributed by atoms with E-state index in [0.29, 0.717) is 12.5 Å². The van der Waals surface area contributed by atoms with E-state index in [-0.39, 0.29) is 5.91 Å². The van der Waals surface area contributed by atoms with Gasteiger partial charge in [0.15, 0.2) is 0 Å². The van der Waals surface area contributed by atoms with Gasteiger partial charge in [-0.05, 0) is 44.4 Å². The van der Waals surface area contributed by atoms with Crippen LogP contribution in [0.2, 0.25) is 0 Å². The summed E-state index contributed by atoms with van der Waals surface area (Å²) in [4.78, 5) is 17.0. The van der Waals surface area contributed by atoms with Crippen LogP contribution in [0.15, 0.2) is 29.6 Å². The summed E-state index contributed by atoms with van der Waals surface area (Å²) in [5, 5.41) is 6.28. The van der Waals surface area contributed by atoms with Crippen molar-refractivity contribution in [2.24, 2.45) is 11.8 Å². The summed E-state index contributed by atoms with van der Waals surface area (Å²) < 4.78 is 0. The van der Waals surface area contributed by atoms with Crippen molar-refractivity contribution in [2.45, 2.75) is 45.1 Å². The molecule has 1 aromatic carbocycles. The first kappa shape index (κ1) is 14.9. The minimum Gasteiger partial charge on any atom is -0.352 e. The Kier molecular flexibility index (Phi) is 3.93. The van der Waals surface area contributed by atoms with E-state index in [4.69, 9.17) is 0 Å². The molecule has 1 aromatic heterocycles. The largest absolute Gasteiger partial charge is 0.352 e. The molecular weight excluding hydrogens is 304 g/mol. The van der Waals surface area contributed by atoms with Gasteiger partial charge in [-0.2, -0.15) is 0 Å². The van der Waals surface area contributed by atoms with Gasteiger partial charge in [0.05, 0.1) is 12.1 Å². The van der Waals surface area contributed by atoms with Crippen molar-refractivity contribution in [3.05, 3.63) is 40.9 Å². The molecule has 1 amide bonds. The highest BCUT2D eigenvalue weighted by molar-refractivity contribution is 7.13. The second kappa shape index (κ2) is 6.08. The molecule has 0 unspecified atom stereocenters. The lowest BCUT2D eigenvalue weighted by Gasteiger charge is -2.17. The Labute approximate surface area is 141 Å². The first-order chi connectivity index (χ1) is 11.2. The smallest absolute Gasteiger partial charge is 0.226 e. The molecule has 1 N–H and O–H groups in total. The van der Waals surface area contributed by atoms with E-state index in [1.54, 1.807) is 11.3 Å². The van der Waals surface area contributed by atoms with Gasteiger partial charge in [-0.1, -0.05) is 29.8 Å². The van der Waals surface area contributed by atoms with Gasteiger partial charge in [0.2, 0.25) is 5.91 Å². The second-order valence-corrected chi connectivity index (χ2v) is 7.81. The molecule has 23 heavy (non-hydrogen) atoms. The Morgan fingerprint density at radius 3 is 2.48 bits per heavy atom. The molecule has 120 valence electrons. The maximum absolute atomic E-state index is 12.3. The fourth-order valence-corrected chi connectivity index (χ4v) is 3.98. The Morgan fingerprint density at radius 2 is 1.87 bits per heavy atom. The number of nitrogens with one attached hydrogen (secondary N) is 1. The first-order valence-corrected chi connectivity index (χ1v) is 9.38. The number of aryl methyl sites for hydroxylation is 1. The molecule has 0 saturated heterocycles. The van der Waals surface area contributed by atoms with Gasteiger partial charge in [0.25, 0.3) is 0 Å². The molecular formula is C19H22N2OS. The maximum atomic E-state index is 12.3. The topological polar surface area (TPSA) is 42.0 Å². The summed E-state index contributed by atoms with van der Waals surface area (Å²) in [6.07, 6.45) is 5.55. The van der Waals surface area contributed by atoms with Crippen molar-refractivity contribution in [3.63, 3.8) is 0 Å². The summed E-state index contributed by atoms with van der Waals surface area (Å²) in [7, 11) is 0. The molecule has 4 rings (SSSR count). The zero-order chi connectivity index (χ0) is 15.8. The van der Waals surface area contributed by atoms with Gasteiger partial charge in [0, 0.05) is 17.0 Å². The normalized spacial score (nSPS) is 17.5. The van der Waals surface area contributed by atoms with Gasteiger partial charge >= 0.3 is 0 Å². The Hall–Kier alpha value is -1.68. The van der Waals surface area contributed by atoms with Gasteiger partial charge < -0.3 is 5.32 Å². The first-order valence-electron chi connectivity index (χ1n) is 8.50. The molecule has 3 nitrogen and oxygen atoms in total. The van der Waals surface area contributed by atoms with Crippen molar-refractivity contribution >= 4 is 17.2 Å². The number of amides is 1. The molecule has 4 heteroatoms. The third-order valence-corrected chi connectivity index (χ3v) is 5.72. The predicted molar refractivity (Wildman–Crippen MR) is 93.4 cm³/mol. The van der Waals surface area contributed by atoms with E-state index in [9.17, 15) is 4.79 Å². The maximum Gasteiger partial charge on any atom is 0.226 e. The molecule has 0 spiro atoms. The monoisotopic (exact) mass is 326 g/mol. The standard InChI is InChI=1S/C19H22N2OS/c1-12-2-4-15(5-3-12)19-20-16(11-23-19)10-17(22)21-18(13-6-7-13)14-8-9-14/h2-5,11,13-14,18H,6-10H2,1H3,(H,21,22). The van der Waals surface area contributed by atoms with E-state index in [0.717, 1.165) is 28.1 Å². The molecule has 2 aromatic rings. The third-order valence-electron chi connectivity index (χ3n) is 4.78. The highest BCUT2D eigenvalue weighted by Crippen LogP contribution is 2.44. The molecule has 0 radical (unpaired) electrons. The van der Waals surface area contributed by atoms with Crippen molar-refractivity contribution in [3.8, 4) is 10.6 Å². The van der Waals surface area contributed by atoms with Gasteiger partial charge in [-0.25, -0.2) is 4.98 Å². The van der Waals surface area contributed by atoms with Crippen LogP contribution in [0, 0.1) is 18.8 Å².